The molecule has 0 aliphatic carbocycles. The molecule has 9 heteroatoms. The van der Waals surface area contributed by atoms with Gasteiger partial charge >= 0.3 is 11.9 Å². The van der Waals surface area contributed by atoms with Crippen LogP contribution in [-0.4, -0.2) is 40.9 Å². The van der Waals surface area contributed by atoms with E-state index in [4.69, 9.17) is 15.2 Å². The first kappa shape index (κ1) is 31.8. The Labute approximate surface area is 266 Å². The van der Waals surface area contributed by atoms with Gasteiger partial charge in [0.2, 0.25) is 5.91 Å². The number of aromatic nitrogens is 1. The predicted molar refractivity (Wildman–Crippen MR) is 174 cm³/mol. The lowest BCUT2D eigenvalue weighted by molar-refractivity contribution is -0.153. The first-order valence-corrected chi connectivity index (χ1v) is 15.2. The van der Waals surface area contributed by atoms with Crippen molar-refractivity contribution in [1.82, 2.24) is 10.3 Å². The number of nitrogens with one attached hydrogen (secondary N) is 1. The second kappa shape index (κ2) is 15.4. The smallest absolute Gasteiger partial charge is 0.328 e. The quantitative estimate of drug-likeness (QED) is 0.159. The average molecular weight is 618 g/mol. The summed E-state index contributed by atoms with van der Waals surface area (Å²) < 4.78 is 11.2. The lowest BCUT2D eigenvalue weighted by atomic mass is 10.0. The molecule has 46 heavy (non-hydrogen) atoms. The molecule has 0 bridgehead atoms. The summed E-state index contributed by atoms with van der Waals surface area (Å²) >= 11 is 0. The summed E-state index contributed by atoms with van der Waals surface area (Å²) in [5, 5.41) is 6.27. The Morgan fingerprint density at radius 1 is 0.783 bits per heavy atom. The molecule has 5 aromatic rings. The van der Waals surface area contributed by atoms with Crippen molar-refractivity contribution in [2.75, 3.05) is 0 Å². The van der Waals surface area contributed by atoms with Crippen LogP contribution >= 0.6 is 0 Å². The van der Waals surface area contributed by atoms with E-state index in [1.165, 1.54) is 6.20 Å². The average Bonchev–Trinajstić information content (AvgIpc) is 3.06. The second-order valence-electron chi connectivity index (χ2n) is 11.1. The number of ether oxygens (including phenoxy) is 2. The van der Waals surface area contributed by atoms with Gasteiger partial charge in [0.15, 0.2) is 0 Å². The van der Waals surface area contributed by atoms with Crippen LogP contribution in [0.25, 0.3) is 21.5 Å². The highest BCUT2D eigenvalue weighted by molar-refractivity contribution is 6.06. The molecule has 0 aliphatic heterocycles. The minimum atomic E-state index is -1.12. The third-order valence-electron chi connectivity index (χ3n) is 7.58. The van der Waals surface area contributed by atoms with Gasteiger partial charge in [0.25, 0.3) is 5.91 Å². The molecule has 0 saturated carbocycles. The van der Waals surface area contributed by atoms with E-state index >= 15 is 0 Å². The van der Waals surface area contributed by atoms with Crippen LogP contribution in [0.2, 0.25) is 0 Å². The molecule has 0 spiro atoms. The van der Waals surface area contributed by atoms with Crippen LogP contribution in [0.15, 0.2) is 109 Å². The zero-order valence-electron chi connectivity index (χ0n) is 25.3. The van der Waals surface area contributed by atoms with Crippen LogP contribution in [0.5, 0.6) is 0 Å². The molecule has 0 saturated heterocycles. The minimum absolute atomic E-state index is 0.0286. The fourth-order valence-electron chi connectivity index (χ4n) is 5.29. The van der Waals surface area contributed by atoms with Gasteiger partial charge in [-0.05, 0) is 46.2 Å². The van der Waals surface area contributed by atoms with E-state index in [2.05, 4.69) is 10.3 Å². The number of primary amides is 1. The molecular formula is C37H35N3O6. The minimum Gasteiger partial charge on any atom is -0.461 e. The van der Waals surface area contributed by atoms with Crippen LogP contribution in [0.4, 0.5) is 0 Å². The van der Waals surface area contributed by atoms with E-state index in [1.54, 1.807) is 18.2 Å². The number of rotatable bonds is 14. The Morgan fingerprint density at radius 3 is 2.28 bits per heavy atom. The molecule has 0 radical (unpaired) electrons. The maximum Gasteiger partial charge on any atom is 0.328 e. The fraction of sp³-hybridized carbons (Fsp3) is 0.216. The number of pyridine rings is 1. The molecule has 4 aromatic carbocycles. The molecule has 1 aromatic heterocycles. The molecule has 9 nitrogen and oxygen atoms in total. The van der Waals surface area contributed by atoms with Crippen LogP contribution in [0, 0.1) is 0 Å². The van der Waals surface area contributed by atoms with Crippen molar-refractivity contribution in [3.8, 4) is 0 Å². The number of hydrogen-bond donors (Lipinski definition) is 2. The molecule has 3 N–H and O–H groups in total. The van der Waals surface area contributed by atoms with E-state index in [-0.39, 0.29) is 44.4 Å². The van der Waals surface area contributed by atoms with E-state index in [9.17, 15) is 19.2 Å². The van der Waals surface area contributed by atoms with Gasteiger partial charge in [0, 0.05) is 24.4 Å². The normalized spacial score (nSPS) is 12.3. The van der Waals surface area contributed by atoms with Crippen molar-refractivity contribution in [2.45, 2.75) is 50.9 Å². The monoisotopic (exact) mass is 617 g/mol. The number of amides is 2. The van der Waals surface area contributed by atoms with Gasteiger partial charge in [-0.3, -0.25) is 19.4 Å². The van der Waals surface area contributed by atoms with Gasteiger partial charge in [0.05, 0.1) is 6.42 Å². The number of carbonyl (C=O) groups excluding carboxylic acids is 4. The number of carbonyl (C=O) groups is 4. The topological polar surface area (TPSA) is 138 Å². The van der Waals surface area contributed by atoms with Gasteiger partial charge in [-0.2, -0.15) is 0 Å². The van der Waals surface area contributed by atoms with Crippen LogP contribution in [0.3, 0.4) is 0 Å². The molecular weight excluding hydrogens is 582 g/mol. The van der Waals surface area contributed by atoms with Gasteiger partial charge in [-0.1, -0.05) is 97.1 Å². The van der Waals surface area contributed by atoms with Crippen molar-refractivity contribution in [3.63, 3.8) is 0 Å². The molecule has 2 amide bonds. The Morgan fingerprint density at radius 2 is 1.50 bits per heavy atom. The van der Waals surface area contributed by atoms with Gasteiger partial charge < -0.3 is 20.5 Å². The van der Waals surface area contributed by atoms with Gasteiger partial charge in [0.1, 0.15) is 24.4 Å². The second-order valence-corrected chi connectivity index (χ2v) is 11.1. The van der Waals surface area contributed by atoms with Gasteiger partial charge in [-0.15, -0.1) is 0 Å². The summed E-state index contributed by atoms with van der Waals surface area (Å²) in [4.78, 5) is 55.8. The van der Waals surface area contributed by atoms with E-state index in [0.717, 1.165) is 27.3 Å². The predicted octanol–water partition coefficient (Wildman–Crippen LogP) is 5.43. The highest BCUT2D eigenvalue weighted by Crippen LogP contribution is 2.20. The Hall–Kier alpha value is -5.57. The fourth-order valence-corrected chi connectivity index (χ4v) is 5.29. The van der Waals surface area contributed by atoms with Crippen LogP contribution in [-0.2, 0) is 36.9 Å². The van der Waals surface area contributed by atoms with E-state index < -0.39 is 35.9 Å². The highest BCUT2D eigenvalue weighted by atomic mass is 16.5. The largest absolute Gasteiger partial charge is 0.461 e. The SMILES string of the molecule is NC(=O)C[C@H](Cc1ccc2ccccc2c1)OC(=O)[C@H](CCCC(=O)OCc1ccccc1)NC(=O)c1nccc2ccccc12. The number of nitrogens with zero attached hydrogens (tertiary/aromatic N) is 1. The molecule has 0 fully saturated rings. The van der Waals surface area contributed by atoms with Crippen molar-refractivity contribution >= 4 is 45.3 Å². The molecule has 234 valence electrons. The third kappa shape index (κ3) is 8.75. The number of fused-ring (bicyclic) bond motifs is 2. The molecule has 0 unspecified atom stereocenters. The third-order valence-corrected chi connectivity index (χ3v) is 7.58. The Kier molecular flexibility index (Phi) is 10.7. The standard InChI is InChI=1S/C37H35N3O6/c38-33(41)23-30(22-26-17-18-27-11-4-5-13-29(27)21-26)46-37(44)32(15-8-16-34(42)45-24-25-9-2-1-3-10-25)40-36(43)35-31-14-7-6-12-28(31)19-20-39-35/h1-7,9-14,17-21,30,32H,8,15-16,22-24H2,(H2,38,41)(H,40,43)/t30-,32-/m0/s1. The molecule has 2 atom stereocenters. The van der Waals surface area contributed by atoms with Crippen molar-refractivity contribution in [3.05, 3.63) is 126 Å². The molecule has 0 aliphatic rings. The number of hydrogen-bond acceptors (Lipinski definition) is 7. The first-order valence-electron chi connectivity index (χ1n) is 15.2. The van der Waals surface area contributed by atoms with Crippen molar-refractivity contribution < 1.29 is 28.7 Å². The Bertz CT molecular complexity index is 1840. The number of esters is 2. The first-order chi connectivity index (χ1) is 22.4. The number of benzene rings is 4. The summed E-state index contributed by atoms with van der Waals surface area (Å²) in [6, 6.07) is 31.0. The van der Waals surface area contributed by atoms with E-state index in [1.807, 2.05) is 84.9 Å². The molecule has 1 heterocycles. The number of nitrogens with two attached hydrogens (primary N) is 1. The summed E-state index contributed by atoms with van der Waals surface area (Å²) in [6.45, 7) is 0.137. The van der Waals surface area contributed by atoms with Gasteiger partial charge in [-0.25, -0.2) is 4.79 Å². The maximum absolute atomic E-state index is 13.6. The lowest BCUT2D eigenvalue weighted by Crippen LogP contribution is -2.44. The zero-order valence-corrected chi connectivity index (χ0v) is 25.3. The maximum atomic E-state index is 13.6. The zero-order chi connectivity index (χ0) is 32.3. The summed E-state index contributed by atoms with van der Waals surface area (Å²) in [5.74, 6) is -2.36. The van der Waals surface area contributed by atoms with Crippen LogP contribution < -0.4 is 11.1 Å². The summed E-state index contributed by atoms with van der Waals surface area (Å²) in [6.07, 6.45) is 1.07. The van der Waals surface area contributed by atoms with E-state index in [0.29, 0.717) is 5.39 Å². The Balaban J connectivity index is 1.29. The van der Waals surface area contributed by atoms with Crippen molar-refractivity contribution in [2.24, 2.45) is 5.73 Å². The van der Waals surface area contributed by atoms with Crippen LogP contribution in [0.1, 0.15) is 47.3 Å². The summed E-state index contributed by atoms with van der Waals surface area (Å²) in [7, 11) is 0. The van der Waals surface area contributed by atoms with Crippen molar-refractivity contribution in [1.29, 1.82) is 0 Å². The summed E-state index contributed by atoms with van der Waals surface area (Å²) in [5.41, 5.74) is 7.40. The highest BCUT2D eigenvalue weighted by Gasteiger charge is 2.28. The molecule has 5 rings (SSSR count). The lowest BCUT2D eigenvalue weighted by Gasteiger charge is -2.22.